The van der Waals surface area contributed by atoms with Gasteiger partial charge in [-0.2, -0.15) is 0 Å². The maximum atomic E-state index is 5.30. The van der Waals surface area contributed by atoms with Crippen molar-refractivity contribution in [2.45, 2.75) is 6.92 Å². The highest BCUT2D eigenvalue weighted by molar-refractivity contribution is 7.13. The van der Waals surface area contributed by atoms with Gasteiger partial charge >= 0.3 is 0 Å². The lowest BCUT2D eigenvalue weighted by molar-refractivity contribution is 0.419. The van der Waals surface area contributed by atoms with E-state index in [-0.39, 0.29) is 0 Å². The minimum atomic E-state index is 0.804. The van der Waals surface area contributed by atoms with Crippen LogP contribution in [0.1, 0.15) is 5.56 Å². The standard InChI is InChI=1S/C13H12N2OS/c1-8-6-11(17-7-8)13-14-9-4-3-5-10(16-2)12(9)15-13/h3-7H,1-2H3,(H,14,15). The molecule has 3 rings (SSSR count). The number of nitrogens with one attached hydrogen (secondary N) is 1. The van der Waals surface area contributed by atoms with Crippen molar-refractivity contribution in [1.82, 2.24) is 9.97 Å². The maximum Gasteiger partial charge on any atom is 0.148 e. The fourth-order valence-electron chi connectivity index (χ4n) is 1.84. The van der Waals surface area contributed by atoms with Crippen LogP contribution in [0.4, 0.5) is 0 Å². The number of para-hydroxylation sites is 1. The summed E-state index contributed by atoms with van der Waals surface area (Å²) in [7, 11) is 1.67. The number of ether oxygens (including phenoxy) is 1. The second-order valence-corrected chi connectivity index (χ2v) is 4.84. The molecular formula is C13H12N2OS. The van der Waals surface area contributed by atoms with Gasteiger partial charge in [0.05, 0.1) is 17.5 Å². The zero-order valence-corrected chi connectivity index (χ0v) is 10.5. The van der Waals surface area contributed by atoms with E-state index in [0.29, 0.717) is 0 Å². The predicted molar refractivity (Wildman–Crippen MR) is 70.7 cm³/mol. The average Bonchev–Trinajstić information content (AvgIpc) is 2.93. The second kappa shape index (κ2) is 3.89. The molecule has 4 heteroatoms. The number of nitrogens with zero attached hydrogens (tertiary/aromatic N) is 1. The van der Waals surface area contributed by atoms with Gasteiger partial charge in [0, 0.05) is 0 Å². The smallest absolute Gasteiger partial charge is 0.148 e. The topological polar surface area (TPSA) is 37.9 Å². The molecule has 3 aromatic rings. The lowest BCUT2D eigenvalue weighted by Crippen LogP contribution is -1.83. The van der Waals surface area contributed by atoms with Crippen molar-refractivity contribution in [3.05, 3.63) is 35.2 Å². The summed E-state index contributed by atoms with van der Waals surface area (Å²) in [4.78, 5) is 9.07. The molecule has 0 fully saturated rings. The summed E-state index contributed by atoms with van der Waals surface area (Å²) < 4.78 is 5.30. The van der Waals surface area contributed by atoms with Gasteiger partial charge in [-0.3, -0.25) is 0 Å². The number of methoxy groups -OCH3 is 1. The molecule has 0 aliphatic rings. The minimum Gasteiger partial charge on any atom is -0.494 e. The number of aromatic amines is 1. The Labute approximate surface area is 103 Å². The van der Waals surface area contributed by atoms with Crippen molar-refractivity contribution in [2.75, 3.05) is 7.11 Å². The van der Waals surface area contributed by atoms with Crippen molar-refractivity contribution >= 4 is 22.4 Å². The molecule has 86 valence electrons. The van der Waals surface area contributed by atoms with Crippen LogP contribution in [0.3, 0.4) is 0 Å². The molecule has 0 amide bonds. The van der Waals surface area contributed by atoms with Crippen molar-refractivity contribution in [1.29, 1.82) is 0 Å². The van der Waals surface area contributed by atoms with E-state index in [4.69, 9.17) is 4.74 Å². The largest absolute Gasteiger partial charge is 0.494 e. The quantitative estimate of drug-likeness (QED) is 0.747. The van der Waals surface area contributed by atoms with Crippen LogP contribution < -0.4 is 4.74 Å². The first-order valence-electron chi connectivity index (χ1n) is 5.36. The molecular weight excluding hydrogens is 232 g/mol. The molecule has 17 heavy (non-hydrogen) atoms. The van der Waals surface area contributed by atoms with Gasteiger partial charge in [0.1, 0.15) is 17.1 Å². The van der Waals surface area contributed by atoms with Crippen LogP contribution in [0.25, 0.3) is 21.7 Å². The van der Waals surface area contributed by atoms with Crippen LogP contribution in [0.5, 0.6) is 5.75 Å². The summed E-state index contributed by atoms with van der Waals surface area (Å²) in [6.45, 7) is 2.09. The highest BCUT2D eigenvalue weighted by Crippen LogP contribution is 2.29. The van der Waals surface area contributed by atoms with Crippen LogP contribution >= 0.6 is 11.3 Å². The second-order valence-electron chi connectivity index (χ2n) is 3.93. The highest BCUT2D eigenvalue weighted by Gasteiger charge is 2.10. The lowest BCUT2D eigenvalue weighted by atomic mass is 10.3. The van der Waals surface area contributed by atoms with Gasteiger partial charge < -0.3 is 9.72 Å². The molecule has 0 aliphatic carbocycles. The van der Waals surface area contributed by atoms with Gasteiger partial charge in [-0.25, -0.2) is 4.98 Å². The molecule has 1 aromatic carbocycles. The van der Waals surface area contributed by atoms with Crippen molar-refractivity contribution in [3.8, 4) is 16.5 Å². The summed E-state index contributed by atoms with van der Waals surface area (Å²) in [5.41, 5.74) is 3.15. The van der Waals surface area contributed by atoms with Gasteiger partial charge in [0.25, 0.3) is 0 Å². The third kappa shape index (κ3) is 1.70. The van der Waals surface area contributed by atoms with Gasteiger partial charge in [-0.1, -0.05) is 6.07 Å². The Morgan fingerprint density at radius 1 is 1.35 bits per heavy atom. The third-order valence-electron chi connectivity index (χ3n) is 2.66. The molecule has 0 unspecified atom stereocenters. The summed E-state index contributed by atoms with van der Waals surface area (Å²) in [6, 6.07) is 8.03. The van der Waals surface area contributed by atoms with Crippen LogP contribution in [0, 0.1) is 6.92 Å². The molecule has 2 heterocycles. The number of hydrogen-bond acceptors (Lipinski definition) is 3. The van der Waals surface area contributed by atoms with Gasteiger partial charge in [-0.05, 0) is 36.1 Å². The fourth-order valence-corrected chi connectivity index (χ4v) is 2.69. The molecule has 0 bridgehead atoms. The van der Waals surface area contributed by atoms with Crippen LogP contribution in [0.15, 0.2) is 29.6 Å². The number of thiophene rings is 1. The number of imidazole rings is 1. The van der Waals surface area contributed by atoms with Crippen LogP contribution in [0.2, 0.25) is 0 Å². The van der Waals surface area contributed by atoms with Crippen molar-refractivity contribution in [2.24, 2.45) is 0 Å². The number of H-pyrrole nitrogens is 1. The number of rotatable bonds is 2. The van der Waals surface area contributed by atoms with Crippen LogP contribution in [-0.2, 0) is 0 Å². The van der Waals surface area contributed by atoms with E-state index in [1.165, 1.54) is 5.56 Å². The van der Waals surface area contributed by atoms with E-state index < -0.39 is 0 Å². The summed E-state index contributed by atoms with van der Waals surface area (Å²) in [6.07, 6.45) is 0. The molecule has 0 saturated carbocycles. The fraction of sp³-hybridized carbons (Fsp3) is 0.154. The van der Waals surface area contributed by atoms with Crippen molar-refractivity contribution in [3.63, 3.8) is 0 Å². The zero-order chi connectivity index (χ0) is 11.8. The average molecular weight is 244 g/mol. The monoisotopic (exact) mass is 244 g/mol. The number of hydrogen-bond donors (Lipinski definition) is 1. The highest BCUT2D eigenvalue weighted by atomic mass is 32.1. The lowest BCUT2D eigenvalue weighted by Gasteiger charge is -1.97. The first-order chi connectivity index (χ1) is 8.28. The summed E-state index contributed by atoms with van der Waals surface area (Å²) >= 11 is 1.70. The summed E-state index contributed by atoms with van der Waals surface area (Å²) in [5, 5.41) is 2.12. The molecule has 0 spiro atoms. The van der Waals surface area contributed by atoms with Gasteiger partial charge in [-0.15, -0.1) is 11.3 Å². The molecule has 0 aliphatic heterocycles. The minimum absolute atomic E-state index is 0.804. The van der Waals surface area contributed by atoms with E-state index in [2.05, 4.69) is 28.3 Å². The SMILES string of the molecule is COc1cccc2[nH]c(-c3cc(C)cs3)nc12. The van der Waals surface area contributed by atoms with E-state index in [9.17, 15) is 0 Å². The predicted octanol–water partition coefficient (Wildman–Crippen LogP) is 3.61. The maximum absolute atomic E-state index is 5.30. The number of benzene rings is 1. The molecule has 1 N–H and O–H groups in total. The van der Waals surface area contributed by atoms with Gasteiger partial charge in [0.2, 0.25) is 0 Å². The Hall–Kier alpha value is -1.81. The molecule has 2 aromatic heterocycles. The van der Waals surface area contributed by atoms with E-state index >= 15 is 0 Å². The van der Waals surface area contributed by atoms with E-state index in [1.807, 2.05) is 18.2 Å². The zero-order valence-electron chi connectivity index (χ0n) is 9.65. The first kappa shape index (κ1) is 10.4. The Kier molecular flexibility index (Phi) is 2.37. The normalized spacial score (nSPS) is 10.9. The van der Waals surface area contributed by atoms with E-state index in [1.54, 1.807) is 18.4 Å². The van der Waals surface area contributed by atoms with Crippen molar-refractivity contribution < 1.29 is 4.74 Å². The van der Waals surface area contributed by atoms with Gasteiger partial charge in [0.15, 0.2) is 0 Å². The molecule has 3 nitrogen and oxygen atoms in total. The van der Waals surface area contributed by atoms with E-state index in [0.717, 1.165) is 27.5 Å². The Morgan fingerprint density at radius 2 is 2.24 bits per heavy atom. The Morgan fingerprint density at radius 3 is 2.94 bits per heavy atom. The van der Waals surface area contributed by atoms with Crippen LogP contribution in [-0.4, -0.2) is 17.1 Å². The molecule has 0 atom stereocenters. The third-order valence-corrected chi connectivity index (χ3v) is 3.71. The Bertz CT molecular complexity index is 669. The summed E-state index contributed by atoms with van der Waals surface area (Å²) in [5.74, 6) is 1.71. The molecule has 0 radical (unpaired) electrons. The molecule has 0 saturated heterocycles. The number of aromatic nitrogens is 2. The number of aryl methyl sites for hydroxylation is 1. The Balaban J connectivity index is 2.19. The number of fused-ring (bicyclic) bond motifs is 1. The first-order valence-corrected chi connectivity index (χ1v) is 6.24.